The van der Waals surface area contributed by atoms with Gasteiger partial charge in [0.15, 0.2) is 5.92 Å². The van der Waals surface area contributed by atoms with E-state index in [1.165, 1.54) is 4.90 Å². The number of hydrogen-bond donors (Lipinski definition) is 3. The van der Waals surface area contributed by atoms with Crippen molar-refractivity contribution >= 4 is 18.9 Å². The van der Waals surface area contributed by atoms with Crippen LogP contribution in [0.25, 0.3) is 0 Å². The quantitative estimate of drug-likeness (QED) is 0.378. The van der Waals surface area contributed by atoms with E-state index in [2.05, 4.69) is 11.2 Å². The van der Waals surface area contributed by atoms with Crippen LogP contribution in [-0.2, 0) is 27.4 Å². The number of benzene rings is 2. The molecule has 34 heavy (non-hydrogen) atoms. The highest BCUT2D eigenvalue weighted by molar-refractivity contribution is 6.43. The molecule has 0 saturated carbocycles. The third kappa shape index (κ3) is 10.8. The van der Waals surface area contributed by atoms with E-state index in [1.54, 1.807) is 20.2 Å². The summed E-state index contributed by atoms with van der Waals surface area (Å²) in [5.74, 6) is -0.351. The summed E-state index contributed by atoms with van der Waals surface area (Å²) in [5, 5.41) is 29.8. The summed E-state index contributed by atoms with van der Waals surface area (Å²) in [6.45, 7) is 2.19. The molecule has 0 aromatic heterocycles. The molecule has 2 rings (SSSR count). The van der Waals surface area contributed by atoms with Gasteiger partial charge in [0.25, 0.3) is 5.91 Å². The molecule has 0 saturated heterocycles. The van der Waals surface area contributed by atoms with Crippen molar-refractivity contribution in [2.45, 2.75) is 25.9 Å². The van der Waals surface area contributed by atoms with Gasteiger partial charge in [-0.1, -0.05) is 66.1 Å². The molecule has 0 aliphatic rings. The Balaban J connectivity index is 0.000000489. The Kier molecular flexibility index (Phi) is 12.7. The van der Waals surface area contributed by atoms with E-state index in [9.17, 15) is 19.6 Å². The number of carbonyl (C=O) groups excluding carboxylic acids is 2. The van der Waals surface area contributed by atoms with Gasteiger partial charge in [-0.2, -0.15) is 5.26 Å². The van der Waals surface area contributed by atoms with E-state index >= 15 is 0 Å². The Morgan fingerprint density at radius 3 is 2.29 bits per heavy atom. The second-order valence-corrected chi connectivity index (χ2v) is 7.72. The summed E-state index contributed by atoms with van der Waals surface area (Å²) in [6.07, 6.45) is 5.24. The van der Waals surface area contributed by atoms with Crippen molar-refractivity contribution in [2.24, 2.45) is 5.92 Å². The maximum absolute atomic E-state index is 11.9. The summed E-state index contributed by atoms with van der Waals surface area (Å²) in [5.41, 5.74) is 3.04. The Labute approximate surface area is 201 Å². The Morgan fingerprint density at radius 2 is 1.79 bits per heavy atom. The molecular weight excluding hydrogens is 433 g/mol. The van der Waals surface area contributed by atoms with Gasteiger partial charge in [-0.25, -0.2) is 0 Å². The lowest BCUT2D eigenvalue weighted by Crippen LogP contribution is -2.48. The van der Waals surface area contributed by atoms with E-state index in [0.717, 1.165) is 16.7 Å². The lowest BCUT2D eigenvalue weighted by Gasteiger charge is -2.18. The minimum atomic E-state index is -1.63. The van der Waals surface area contributed by atoms with Gasteiger partial charge in [0.1, 0.15) is 6.61 Å². The Hall–Kier alpha value is -3.63. The van der Waals surface area contributed by atoms with Crippen LogP contribution in [0.1, 0.15) is 16.7 Å². The van der Waals surface area contributed by atoms with Crippen LogP contribution >= 0.6 is 0 Å². The van der Waals surface area contributed by atoms with Crippen LogP contribution in [0.5, 0.6) is 0 Å². The molecule has 0 fully saturated rings. The topological polar surface area (TPSA) is 123 Å². The number of aryl methyl sites for hydroxylation is 1. The molecule has 0 radical (unpaired) electrons. The maximum Gasteiger partial charge on any atom is 0.475 e. The average Bonchev–Trinajstić information content (AvgIpc) is 2.80. The number of carbonyl (C=O) groups is 2. The number of amides is 2. The number of nitriles is 1. The predicted molar refractivity (Wildman–Crippen MR) is 130 cm³/mol. The number of nitrogens with zero attached hydrogens (tertiary/aromatic N) is 2. The first-order valence-corrected chi connectivity index (χ1v) is 10.6. The van der Waals surface area contributed by atoms with Crippen molar-refractivity contribution in [2.75, 3.05) is 20.7 Å². The van der Waals surface area contributed by atoms with Gasteiger partial charge >= 0.3 is 7.12 Å². The van der Waals surface area contributed by atoms with Crippen molar-refractivity contribution in [3.63, 3.8) is 0 Å². The molecule has 2 unspecified atom stereocenters. The molecule has 0 bridgehead atoms. The number of hydrogen-bond acceptors (Lipinski definition) is 6. The highest BCUT2D eigenvalue weighted by Gasteiger charge is 2.25. The first kappa shape index (κ1) is 28.4. The molecule has 0 aliphatic heterocycles. The van der Waals surface area contributed by atoms with Crippen molar-refractivity contribution < 1.29 is 24.4 Å². The minimum absolute atomic E-state index is 0.133. The third-order valence-corrected chi connectivity index (χ3v) is 4.57. The van der Waals surface area contributed by atoms with E-state index in [4.69, 9.17) is 16.4 Å². The molecule has 0 heterocycles. The summed E-state index contributed by atoms with van der Waals surface area (Å²) in [6, 6.07) is 18.9. The zero-order valence-electron chi connectivity index (χ0n) is 19.6. The molecule has 3 N–H and O–H groups in total. The van der Waals surface area contributed by atoms with E-state index < -0.39 is 19.0 Å². The summed E-state index contributed by atoms with van der Waals surface area (Å²) < 4.78 is 5.39. The summed E-state index contributed by atoms with van der Waals surface area (Å²) in [7, 11) is 1.49. The minimum Gasteiger partial charge on any atom is -0.426 e. The van der Waals surface area contributed by atoms with E-state index in [-0.39, 0.29) is 18.4 Å². The highest BCUT2D eigenvalue weighted by atomic mass is 16.5. The van der Waals surface area contributed by atoms with Crippen LogP contribution < -0.4 is 5.32 Å². The monoisotopic (exact) mass is 463 g/mol. The number of rotatable bonds is 9. The van der Waals surface area contributed by atoms with Crippen molar-refractivity contribution in [1.82, 2.24) is 10.2 Å². The smallest absolute Gasteiger partial charge is 0.426 e. The van der Waals surface area contributed by atoms with E-state index in [1.807, 2.05) is 61.5 Å². The van der Waals surface area contributed by atoms with Gasteiger partial charge in [-0.05, 0) is 24.5 Å². The SMILES string of the molecule is C#CC(C#N)C(=O)N(C)C.Cc1cccc(COCC(=O)NC(Cc2ccccc2)B(O)O)c1. The largest absolute Gasteiger partial charge is 0.475 e. The Morgan fingerprint density at radius 1 is 1.15 bits per heavy atom. The summed E-state index contributed by atoms with van der Waals surface area (Å²) >= 11 is 0. The predicted octanol–water partition coefficient (Wildman–Crippen LogP) is 1.10. The van der Waals surface area contributed by atoms with Gasteiger partial charge in [0, 0.05) is 14.1 Å². The number of terminal acetylenes is 1. The molecule has 2 atom stereocenters. The normalized spacial score (nSPS) is 11.5. The summed E-state index contributed by atoms with van der Waals surface area (Å²) in [4.78, 5) is 24.1. The van der Waals surface area contributed by atoms with Gasteiger partial charge in [-0.15, -0.1) is 6.42 Å². The molecule has 8 nitrogen and oxygen atoms in total. The molecule has 2 aromatic rings. The van der Waals surface area contributed by atoms with Crippen molar-refractivity contribution in [1.29, 1.82) is 5.26 Å². The van der Waals surface area contributed by atoms with Crippen LogP contribution in [-0.4, -0.2) is 60.5 Å². The molecule has 0 spiro atoms. The Bertz CT molecular complexity index is 986. The second-order valence-electron chi connectivity index (χ2n) is 7.72. The standard InChI is InChI=1S/C18H22BNO4.C7H8N2O/c1-14-6-5-9-16(10-14)12-24-13-18(21)20-17(19(22)23)11-15-7-3-2-4-8-15;1-4-6(5-8)7(10)9(2)3/h2-10,17,22-23H,11-13H2,1H3,(H,20,21);1,6H,2-3H3. The van der Waals surface area contributed by atoms with Gasteiger partial charge < -0.3 is 25.0 Å². The molecule has 2 amide bonds. The first-order chi connectivity index (χ1) is 16.2. The lowest BCUT2D eigenvalue weighted by molar-refractivity contribution is -0.129. The van der Waals surface area contributed by atoms with Crippen LogP contribution in [0.3, 0.4) is 0 Å². The molecule has 178 valence electrons. The van der Waals surface area contributed by atoms with E-state index in [0.29, 0.717) is 13.0 Å². The zero-order chi connectivity index (χ0) is 25.5. The molecule has 2 aromatic carbocycles. The van der Waals surface area contributed by atoms with Crippen LogP contribution in [0, 0.1) is 36.5 Å². The fourth-order valence-electron chi connectivity index (χ4n) is 2.83. The van der Waals surface area contributed by atoms with Crippen LogP contribution in [0.2, 0.25) is 0 Å². The number of ether oxygens (including phenoxy) is 1. The molecular formula is C25H30BN3O5. The highest BCUT2D eigenvalue weighted by Crippen LogP contribution is 2.06. The van der Waals surface area contributed by atoms with Gasteiger partial charge in [0.05, 0.1) is 18.6 Å². The molecule has 9 heteroatoms. The van der Waals surface area contributed by atoms with Crippen LogP contribution in [0.4, 0.5) is 0 Å². The maximum atomic E-state index is 11.9. The average molecular weight is 463 g/mol. The third-order valence-electron chi connectivity index (χ3n) is 4.57. The fourth-order valence-corrected chi connectivity index (χ4v) is 2.83. The van der Waals surface area contributed by atoms with Crippen molar-refractivity contribution in [3.05, 3.63) is 71.3 Å². The molecule has 0 aliphatic carbocycles. The second kappa shape index (κ2) is 15.3. The number of nitrogens with one attached hydrogen (secondary N) is 1. The first-order valence-electron chi connectivity index (χ1n) is 10.6. The van der Waals surface area contributed by atoms with Gasteiger partial charge in [0.2, 0.25) is 5.91 Å². The lowest BCUT2D eigenvalue weighted by atomic mass is 9.76. The fraction of sp³-hybridized carbons (Fsp3) is 0.320. The van der Waals surface area contributed by atoms with Crippen LogP contribution in [0.15, 0.2) is 54.6 Å². The zero-order valence-corrected chi connectivity index (χ0v) is 19.6. The van der Waals surface area contributed by atoms with Gasteiger partial charge in [-0.3, -0.25) is 9.59 Å². The van der Waals surface area contributed by atoms with Crippen molar-refractivity contribution in [3.8, 4) is 18.4 Å².